The maximum absolute atomic E-state index is 10.2. The van der Waals surface area contributed by atoms with Crippen molar-refractivity contribution in [1.82, 2.24) is 0 Å². The summed E-state index contributed by atoms with van der Waals surface area (Å²) in [6, 6.07) is 0. The highest BCUT2D eigenvalue weighted by molar-refractivity contribution is 5.57. The molecule has 13 heavy (non-hydrogen) atoms. The van der Waals surface area contributed by atoms with Gasteiger partial charge >= 0.3 is 6.16 Å². The van der Waals surface area contributed by atoms with Gasteiger partial charge in [-0.05, 0) is 0 Å². The number of ether oxygens (including phenoxy) is 3. The van der Waals surface area contributed by atoms with E-state index in [0.717, 1.165) is 0 Å². The summed E-state index contributed by atoms with van der Waals surface area (Å²) in [4.78, 5) is 10.2. The van der Waals surface area contributed by atoms with E-state index in [-0.39, 0.29) is 6.61 Å². The molecule has 2 aliphatic rings. The number of carboxylic acid groups (broad SMARTS) is 1. The lowest BCUT2D eigenvalue weighted by Gasteiger charge is -2.20. The fourth-order valence-electron chi connectivity index (χ4n) is 1.70. The minimum absolute atomic E-state index is 0.0491. The number of rotatable bonds is 1. The highest BCUT2D eigenvalue weighted by Gasteiger charge is 2.55. The minimum Gasteiger partial charge on any atom is -0.450 e. The topological polar surface area (TPSA) is 85.2 Å². The molecule has 0 aromatic carbocycles. The van der Waals surface area contributed by atoms with Crippen molar-refractivity contribution in [2.75, 3.05) is 13.2 Å². The van der Waals surface area contributed by atoms with E-state index in [1.807, 2.05) is 0 Å². The summed E-state index contributed by atoms with van der Waals surface area (Å²) in [5.41, 5.74) is 0. The average Bonchev–Trinajstić information content (AvgIpc) is 2.50. The predicted octanol–water partition coefficient (Wildman–Crippen LogP) is -0.443. The van der Waals surface area contributed by atoms with E-state index >= 15 is 0 Å². The maximum Gasteiger partial charge on any atom is 0.506 e. The standard InChI is InChI=1S/C7H10O6/c8-6(9)13-4-3-12-7(10)1-2-11-5(4)7/h4-5,10H,1-3H2,(H,8,9). The van der Waals surface area contributed by atoms with E-state index < -0.39 is 24.2 Å². The van der Waals surface area contributed by atoms with Gasteiger partial charge in [0.15, 0.2) is 18.0 Å². The Balaban J connectivity index is 2.05. The smallest absolute Gasteiger partial charge is 0.450 e. The van der Waals surface area contributed by atoms with Crippen LogP contribution in [0.25, 0.3) is 0 Å². The van der Waals surface area contributed by atoms with Crippen molar-refractivity contribution in [2.24, 2.45) is 0 Å². The molecule has 2 N–H and O–H groups in total. The Labute approximate surface area is 74.0 Å². The van der Waals surface area contributed by atoms with Gasteiger partial charge < -0.3 is 24.4 Å². The van der Waals surface area contributed by atoms with Crippen molar-refractivity contribution >= 4 is 6.16 Å². The van der Waals surface area contributed by atoms with Gasteiger partial charge in [0.2, 0.25) is 0 Å². The van der Waals surface area contributed by atoms with Crippen LogP contribution in [0.1, 0.15) is 6.42 Å². The number of hydrogen-bond acceptors (Lipinski definition) is 5. The number of fused-ring (bicyclic) bond motifs is 1. The summed E-state index contributed by atoms with van der Waals surface area (Å²) in [6.07, 6.45) is -2.42. The number of aliphatic hydroxyl groups is 1. The van der Waals surface area contributed by atoms with E-state index in [9.17, 15) is 9.90 Å². The van der Waals surface area contributed by atoms with Gasteiger partial charge in [-0.25, -0.2) is 4.79 Å². The summed E-state index contributed by atoms with van der Waals surface area (Å²) < 4.78 is 14.6. The number of hydrogen-bond donors (Lipinski definition) is 2. The monoisotopic (exact) mass is 190 g/mol. The molecule has 6 nitrogen and oxygen atoms in total. The summed E-state index contributed by atoms with van der Waals surface area (Å²) >= 11 is 0. The van der Waals surface area contributed by atoms with Gasteiger partial charge in [0, 0.05) is 6.42 Å². The van der Waals surface area contributed by atoms with Gasteiger partial charge in [-0.1, -0.05) is 0 Å². The second-order valence-corrected chi connectivity index (χ2v) is 3.12. The molecule has 74 valence electrons. The maximum atomic E-state index is 10.2. The van der Waals surface area contributed by atoms with Crippen molar-refractivity contribution in [3.05, 3.63) is 0 Å². The first-order valence-corrected chi connectivity index (χ1v) is 3.99. The normalized spacial score (nSPS) is 43.2. The Kier molecular flexibility index (Phi) is 1.90. The molecular weight excluding hydrogens is 180 g/mol. The lowest BCUT2D eigenvalue weighted by molar-refractivity contribution is -0.185. The summed E-state index contributed by atoms with van der Waals surface area (Å²) in [5, 5.41) is 18.1. The Hall–Kier alpha value is -0.850. The van der Waals surface area contributed by atoms with Crippen LogP contribution < -0.4 is 0 Å². The third-order valence-corrected chi connectivity index (χ3v) is 2.29. The summed E-state index contributed by atoms with van der Waals surface area (Å²) in [7, 11) is 0. The first kappa shape index (κ1) is 8.74. The van der Waals surface area contributed by atoms with Crippen LogP contribution in [0.3, 0.4) is 0 Å². The molecule has 2 fully saturated rings. The first-order valence-electron chi connectivity index (χ1n) is 3.99. The molecular formula is C7H10O6. The average molecular weight is 190 g/mol. The van der Waals surface area contributed by atoms with Crippen molar-refractivity contribution in [2.45, 2.75) is 24.4 Å². The molecule has 2 heterocycles. The zero-order valence-electron chi connectivity index (χ0n) is 6.80. The van der Waals surface area contributed by atoms with E-state index in [1.165, 1.54) is 0 Å². The fourth-order valence-corrected chi connectivity index (χ4v) is 1.70. The third kappa shape index (κ3) is 1.37. The molecule has 0 bridgehead atoms. The van der Waals surface area contributed by atoms with E-state index in [1.54, 1.807) is 0 Å². The Morgan fingerprint density at radius 3 is 3.08 bits per heavy atom. The molecule has 3 unspecified atom stereocenters. The van der Waals surface area contributed by atoms with Crippen LogP contribution >= 0.6 is 0 Å². The second kappa shape index (κ2) is 2.83. The van der Waals surface area contributed by atoms with Crippen LogP contribution in [0.2, 0.25) is 0 Å². The molecule has 6 heteroatoms. The van der Waals surface area contributed by atoms with Gasteiger partial charge in [0.25, 0.3) is 0 Å². The fraction of sp³-hybridized carbons (Fsp3) is 0.857. The molecule has 0 aliphatic carbocycles. The number of carbonyl (C=O) groups is 1. The summed E-state index contributed by atoms with van der Waals surface area (Å²) in [5.74, 6) is -1.35. The van der Waals surface area contributed by atoms with Gasteiger partial charge in [-0.2, -0.15) is 0 Å². The third-order valence-electron chi connectivity index (χ3n) is 2.29. The van der Waals surface area contributed by atoms with Crippen LogP contribution in [0.5, 0.6) is 0 Å². The highest BCUT2D eigenvalue weighted by atomic mass is 16.7. The summed E-state index contributed by atoms with van der Waals surface area (Å²) in [6.45, 7) is 0.411. The molecule has 2 saturated heterocycles. The van der Waals surface area contributed by atoms with E-state index in [0.29, 0.717) is 13.0 Å². The van der Waals surface area contributed by atoms with Crippen molar-refractivity contribution in [3.8, 4) is 0 Å². The van der Waals surface area contributed by atoms with Gasteiger partial charge in [0.1, 0.15) is 0 Å². The van der Waals surface area contributed by atoms with Crippen LogP contribution in [0, 0.1) is 0 Å². The highest BCUT2D eigenvalue weighted by Crippen LogP contribution is 2.36. The Bertz CT molecular complexity index is 229. The quantitative estimate of drug-likeness (QED) is 0.545. The molecule has 2 rings (SSSR count). The van der Waals surface area contributed by atoms with Crippen LogP contribution in [0.4, 0.5) is 4.79 Å². The van der Waals surface area contributed by atoms with Crippen LogP contribution in [0.15, 0.2) is 0 Å². The van der Waals surface area contributed by atoms with Crippen molar-refractivity contribution in [3.63, 3.8) is 0 Å². The largest absolute Gasteiger partial charge is 0.506 e. The molecule has 0 aromatic heterocycles. The van der Waals surface area contributed by atoms with E-state index in [4.69, 9.17) is 14.6 Å². The molecule has 0 radical (unpaired) electrons. The molecule has 3 atom stereocenters. The van der Waals surface area contributed by atoms with E-state index in [2.05, 4.69) is 4.74 Å². The Morgan fingerprint density at radius 1 is 1.62 bits per heavy atom. The zero-order chi connectivity index (χ0) is 9.47. The lowest BCUT2D eigenvalue weighted by atomic mass is 10.1. The first-order chi connectivity index (χ1) is 6.12. The van der Waals surface area contributed by atoms with Crippen LogP contribution in [-0.4, -0.2) is 47.6 Å². The van der Waals surface area contributed by atoms with Crippen molar-refractivity contribution in [1.29, 1.82) is 0 Å². The van der Waals surface area contributed by atoms with Crippen LogP contribution in [-0.2, 0) is 14.2 Å². The molecule has 0 saturated carbocycles. The minimum atomic E-state index is -1.38. The molecule has 0 aromatic rings. The second-order valence-electron chi connectivity index (χ2n) is 3.12. The SMILES string of the molecule is O=C(O)OC1COC2(O)CCOC12. The zero-order valence-corrected chi connectivity index (χ0v) is 6.80. The predicted molar refractivity (Wildman–Crippen MR) is 38.2 cm³/mol. The van der Waals surface area contributed by atoms with Gasteiger partial charge in [0.05, 0.1) is 13.2 Å². The van der Waals surface area contributed by atoms with Crippen molar-refractivity contribution < 1.29 is 29.2 Å². The molecule has 2 aliphatic heterocycles. The Morgan fingerprint density at radius 2 is 2.38 bits per heavy atom. The molecule has 0 spiro atoms. The van der Waals surface area contributed by atoms with Gasteiger partial charge in [-0.15, -0.1) is 0 Å². The van der Waals surface area contributed by atoms with Gasteiger partial charge in [-0.3, -0.25) is 0 Å². The lowest BCUT2D eigenvalue weighted by Crippen LogP contribution is -2.40. The molecule has 0 amide bonds.